The van der Waals surface area contributed by atoms with Gasteiger partial charge in [0, 0.05) is 25.7 Å². The van der Waals surface area contributed by atoms with Gasteiger partial charge in [-0.05, 0) is 57.6 Å². The van der Waals surface area contributed by atoms with Crippen molar-refractivity contribution in [3.05, 3.63) is 28.8 Å². The van der Waals surface area contributed by atoms with E-state index in [1.807, 2.05) is 39.8 Å². The van der Waals surface area contributed by atoms with E-state index in [4.69, 9.17) is 0 Å². The van der Waals surface area contributed by atoms with E-state index in [-0.39, 0.29) is 12.6 Å². The SMILES string of the molecule is CCCCNC(=O)C(=O)NCCC1CCCCN1S(=O)(=O)c1c(C)cc(C)cc1C. The number of carbonyl (C=O) groups is 2. The summed E-state index contributed by atoms with van der Waals surface area (Å²) in [4.78, 5) is 24.1. The number of piperidine rings is 1. The van der Waals surface area contributed by atoms with Crippen LogP contribution in [0.15, 0.2) is 17.0 Å². The summed E-state index contributed by atoms with van der Waals surface area (Å²) in [5.41, 5.74) is 2.56. The van der Waals surface area contributed by atoms with Gasteiger partial charge in [0.05, 0.1) is 4.90 Å². The molecule has 1 aromatic rings. The molecule has 1 aliphatic heterocycles. The molecule has 8 heteroatoms. The van der Waals surface area contributed by atoms with E-state index in [1.165, 1.54) is 0 Å². The third-order valence-corrected chi connectivity index (χ3v) is 7.79. The Morgan fingerprint density at radius 1 is 1.03 bits per heavy atom. The van der Waals surface area contributed by atoms with Crippen LogP contribution < -0.4 is 10.6 Å². The lowest BCUT2D eigenvalue weighted by Crippen LogP contribution is -2.46. The first-order chi connectivity index (χ1) is 14.2. The fourth-order valence-corrected chi connectivity index (χ4v) is 6.30. The Kier molecular flexibility index (Phi) is 8.85. The summed E-state index contributed by atoms with van der Waals surface area (Å²) < 4.78 is 28.5. The van der Waals surface area contributed by atoms with Crippen molar-refractivity contribution >= 4 is 21.8 Å². The minimum Gasteiger partial charge on any atom is -0.348 e. The molecule has 2 rings (SSSR count). The number of aryl methyl sites for hydroxylation is 3. The molecule has 2 N–H and O–H groups in total. The number of unbranched alkanes of at least 4 members (excludes halogenated alkanes) is 1. The average Bonchev–Trinajstić information content (AvgIpc) is 2.67. The van der Waals surface area contributed by atoms with Crippen LogP contribution in [0.25, 0.3) is 0 Å². The number of rotatable bonds is 8. The van der Waals surface area contributed by atoms with Gasteiger partial charge in [-0.15, -0.1) is 0 Å². The van der Waals surface area contributed by atoms with Crippen LogP contribution >= 0.6 is 0 Å². The monoisotopic (exact) mass is 437 g/mol. The van der Waals surface area contributed by atoms with Crippen molar-refractivity contribution in [1.29, 1.82) is 0 Å². The first kappa shape index (κ1) is 24.3. The number of carbonyl (C=O) groups excluding carboxylic acids is 2. The quantitative estimate of drug-likeness (QED) is 0.483. The number of nitrogens with zero attached hydrogens (tertiary/aromatic N) is 1. The van der Waals surface area contributed by atoms with Crippen LogP contribution in [0, 0.1) is 20.8 Å². The first-order valence-electron chi connectivity index (χ1n) is 10.8. The number of amides is 2. The van der Waals surface area contributed by atoms with Gasteiger partial charge in [-0.3, -0.25) is 9.59 Å². The van der Waals surface area contributed by atoms with Crippen LogP contribution in [-0.4, -0.2) is 50.2 Å². The summed E-state index contributed by atoms with van der Waals surface area (Å²) in [6.07, 6.45) is 4.78. The van der Waals surface area contributed by atoms with Crippen molar-refractivity contribution < 1.29 is 18.0 Å². The van der Waals surface area contributed by atoms with Crippen molar-refractivity contribution in [3.8, 4) is 0 Å². The van der Waals surface area contributed by atoms with Crippen LogP contribution in [0.2, 0.25) is 0 Å². The lowest BCUT2D eigenvalue weighted by molar-refractivity contribution is -0.139. The van der Waals surface area contributed by atoms with Gasteiger partial charge in [-0.25, -0.2) is 8.42 Å². The molecule has 1 unspecified atom stereocenters. The smallest absolute Gasteiger partial charge is 0.309 e. The molecule has 30 heavy (non-hydrogen) atoms. The molecule has 1 aromatic carbocycles. The molecule has 168 valence electrons. The van der Waals surface area contributed by atoms with Gasteiger partial charge in [0.2, 0.25) is 10.0 Å². The van der Waals surface area contributed by atoms with E-state index in [0.717, 1.165) is 48.8 Å². The van der Waals surface area contributed by atoms with Gasteiger partial charge in [0.15, 0.2) is 0 Å². The summed E-state index contributed by atoms with van der Waals surface area (Å²) in [5, 5.41) is 5.21. The zero-order valence-electron chi connectivity index (χ0n) is 18.6. The van der Waals surface area contributed by atoms with Crippen molar-refractivity contribution in [1.82, 2.24) is 14.9 Å². The van der Waals surface area contributed by atoms with Crippen LogP contribution in [0.3, 0.4) is 0 Å². The maximum absolute atomic E-state index is 13.5. The fourth-order valence-electron chi connectivity index (χ4n) is 4.16. The highest BCUT2D eigenvalue weighted by Gasteiger charge is 2.35. The normalized spacial score (nSPS) is 17.5. The molecule has 1 atom stereocenters. The van der Waals surface area contributed by atoms with Gasteiger partial charge in [0.25, 0.3) is 0 Å². The maximum atomic E-state index is 13.5. The molecule has 2 amide bonds. The topological polar surface area (TPSA) is 95.6 Å². The predicted octanol–water partition coefficient (Wildman–Crippen LogP) is 2.58. The second-order valence-electron chi connectivity index (χ2n) is 8.15. The third kappa shape index (κ3) is 6.04. The molecule has 1 aliphatic rings. The van der Waals surface area contributed by atoms with Gasteiger partial charge >= 0.3 is 11.8 Å². The second kappa shape index (κ2) is 10.9. The lowest BCUT2D eigenvalue weighted by Gasteiger charge is -2.35. The Bertz CT molecular complexity index is 844. The van der Waals surface area contributed by atoms with Crippen molar-refractivity contribution in [3.63, 3.8) is 0 Å². The van der Waals surface area contributed by atoms with E-state index in [0.29, 0.717) is 24.4 Å². The number of nitrogens with one attached hydrogen (secondary N) is 2. The molecule has 0 spiro atoms. The minimum absolute atomic E-state index is 0.188. The van der Waals surface area contributed by atoms with E-state index in [9.17, 15) is 18.0 Å². The predicted molar refractivity (Wildman–Crippen MR) is 118 cm³/mol. The second-order valence-corrected chi connectivity index (χ2v) is 9.97. The Balaban J connectivity index is 2.05. The molecule has 0 aliphatic carbocycles. The first-order valence-corrected chi connectivity index (χ1v) is 12.3. The summed E-state index contributed by atoms with van der Waals surface area (Å²) in [6.45, 7) is 8.86. The van der Waals surface area contributed by atoms with Crippen molar-refractivity contribution in [2.24, 2.45) is 0 Å². The van der Waals surface area contributed by atoms with Crippen LogP contribution in [0.1, 0.15) is 62.1 Å². The molecule has 7 nitrogen and oxygen atoms in total. The number of sulfonamides is 1. The molecule has 0 bridgehead atoms. The van der Waals surface area contributed by atoms with Gasteiger partial charge < -0.3 is 10.6 Å². The highest BCUT2D eigenvalue weighted by molar-refractivity contribution is 7.89. The highest BCUT2D eigenvalue weighted by atomic mass is 32.2. The zero-order valence-corrected chi connectivity index (χ0v) is 19.4. The van der Waals surface area contributed by atoms with E-state index in [1.54, 1.807) is 4.31 Å². The Labute approximate surface area is 180 Å². The van der Waals surface area contributed by atoms with E-state index in [2.05, 4.69) is 10.6 Å². The molecule has 0 saturated carbocycles. The summed E-state index contributed by atoms with van der Waals surface area (Å²) in [5.74, 6) is -1.30. The largest absolute Gasteiger partial charge is 0.348 e. The van der Waals surface area contributed by atoms with Crippen LogP contribution in [-0.2, 0) is 19.6 Å². The number of benzene rings is 1. The molecular formula is C22H35N3O4S. The molecule has 1 fully saturated rings. The molecule has 1 saturated heterocycles. The summed E-state index contributed by atoms with van der Waals surface area (Å²) in [6, 6.07) is 3.61. The Morgan fingerprint density at radius 2 is 1.63 bits per heavy atom. The Hall–Kier alpha value is -1.93. The van der Waals surface area contributed by atoms with Crippen molar-refractivity contribution in [2.45, 2.75) is 77.2 Å². The standard InChI is InChI=1S/C22H35N3O4S/c1-5-6-11-23-21(26)22(27)24-12-10-19-9-7-8-13-25(19)30(28,29)20-17(3)14-16(2)15-18(20)4/h14-15,19H,5-13H2,1-4H3,(H,23,26)(H,24,27). The number of hydrogen-bond donors (Lipinski definition) is 2. The van der Waals surface area contributed by atoms with E-state index < -0.39 is 21.8 Å². The van der Waals surface area contributed by atoms with Crippen LogP contribution in [0.4, 0.5) is 0 Å². The number of hydrogen-bond acceptors (Lipinski definition) is 4. The molecule has 1 heterocycles. The van der Waals surface area contributed by atoms with E-state index >= 15 is 0 Å². The third-order valence-electron chi connectivity index (χ3n) is 5.53. The average molecular weight is 438 g/mol. The van der Waals surface area contributed by atoms with Gasteiger partial charge in [-0.1, -0.05) is 37.5 Å². The molecular weight excluding hydrogens is 402 g/mol. The lowest BCUT2D eigenvalue weighted by atomic mass is 10.0. The summed E-state index contributed by atoms with van der Waals surface area (Å²) >= 11 is 0. The fraction of sp³-hybridized carbons (Fsp3) is 0.636. The Morgan fingerprint density at radius 3 is 2.23 bits per heavy atom. The van der Waals surface area contributed by atoms with Gasteiger partial charge in [-0.2, -0.15) is 4.31 Å². The van der Waals surface area contributed by atoms with Gasteiger partial charge in [0.1, 0.15) is 0 Å². The maximum Gasteiger partial charge on any atom is 0.309 e. The molecule has 0 radical (unpaired) electrons. The van der Waals surface area contributed by atoms with Crippen molar-refractivity contribution in [2.75, 3.05) is 19.6 Å². The van der Waals surface area contributed by atoms with Crippen LogP contribution in [0.5, 0.6) is 0 Å². The minimum atomic E-state index is -3.63. The zero-order chi connectivity index (χ0) is 22.3. The summed E-state index contributed by atoms with van der Waals surface area (Å²) in [7, 11) is -3.63. The highest BCUT2D eigenvalue weighted by Crippen LogP contribution is 2.31. The molecule has 0 aromatic heterocycles.